The number of thiocarbonyl (C=S) groups is 1. The van der Waals surface area contributed by atoms with Gasteiger partial charge in [0.15, 0.2) is 5.11 Å². The van der Waals surface area contributed by atoms with E-state index in [9.17, 15) is 4.79 Å². The Labute approximate surface area is 155 Å². The highest BCUT2D eigenvalue weighted by atomic mass is 32.1. The summed E-state index contributed by atoms with van der Waals surface area (Å²) in [5.41, 5.74) is 1.94. The van der Waals surface area contributed by atoms with Gasteiger partial charge in [-0.2, -0.15) is 0 Å². The fourth-order valence-corrected chi connectivity index (χ4v) is 2.74. The van der Waals surface area contributed by atoms with Gasteiger partial charge >= 0.3 is 0 Å². The van der Waals surface area contributed by atoms with E-state index in [-0.39, 0.29) is 12.5 Å². The molecule has 0 saturated carbocycles. The average Bonchev–Trinajstić information content (AvgIpc) is 2.63. The van der Waals surface area contributed by atoms with Crippen molar-refractivity contribution in [2.24, 2.45) is 0 Å². The Hall–Kier alpha value is -1.86. The third-order valence-electron chi connectivity index (χ3n) is 4.06. The maximum atomic E-state index is 12.2. The van der Waals surface area contributed by atoms with E-state index in [1.807, 2.05) is 31.3 Å². The molecule has 25 heavy (non-hydrogen) atoms. The zero-order valence-electron chi connectivity index (χ0n) is 15.1. The van der Waals surface area contributed by atoms with Gasteiger partial charge in [-0.3, -0.25) is 4.79 Å². The molecule has 7 heteroatoms. The zero-order chi connectivity index (χ0) is 18.1. The lowest BCUT2D eigenvalue weighted by Gasteiger charge is -2.29. The van der Waals surface area contributed by atoms with Crippen LogP contribution in [-0.2, 0) is 9.53 Å². The van der Waals surface area contributed by atoms with Crippen LogP contribution in [0.25, 0.3) is 0 Å². The molecule has 1 aliphatic rings. The lowest BCUT2D eigenvalue weighted by Crippen LogP contribution is -2.41. The zero-order valence-corrected chi connectivity index (χ0v) is 15.9. The molecule has 1 aliphatic heterocycles. The largest absolute Gasteiger partial charge is 0.378 e. The highest BCUT2D eigenvalue weighted by Crippen LogP contribution is 2.18. The Kier molecular flexibility index (Phi) is 7.94. The number of anilines is 2. The molecule has 1 saturated heterocycles. The summed E-state index contributed by atoms with van der Waals surface area (Å²) < 4.78 is 5.37. The van der Waals surface area contributed by atoms with E-state index < -0.39 is 0 Å². The van der Waals surface area contributed by atoms with Gasteiger partial charge in [0.1, 0.15) is 0 Å². The van der Waals surface area contributed by atoms with Crippen molar-refractivity contribution in [3.05, 3.63) is 24.3 Å². The topological polar surface area (TPSA) is 56.8 Å². The third-order valence-corrected chi connectivity index (χ3v) is 4.52. The average molecular weight is 365 g/mol. The van der Waals surface area contributed by atoms with Crippen molar-refractivity contribution in [2.75, 3.05) is 56.7 Å². The smallest absolute Gasteiger partial charge is 0.243 e. The maximum Gasteiger partial charge on any atom is 0.243 e. The molecule has 0 radical (unpaired) electrons. The fourth-order valence-electron chi connectivity index (χ4n) is 2.57. The summed E-state index contributed by atoms with van der Waals surface area (Å²) in [6.45, 7) is 6.52. The van der Waals surface area contributed by atoms with Gasteiger partial charge in [-0.15, -0.1) is 0 Å². The van der Waals surface area contributed by atoms with Gasteiger partial charge in [-0.05, 0) is 42.9 Å². The van der Waals surface area contributed by atoms with Crippen LogP contribution in [0, 0.1) is 0 Å². The van der Waals surface area contributed by atoms with E-state index in [4.69, 9.17) is 17.0 Å². The second-order valence-corrected chi connectivity index (χ2v) is 6.52. The fraction of sp³-hybridized carbons (Fsp3) is 0.556. The van der Waals surface area contributed by atoms with Gasteiger partial charge in [0, 0.05) is 38.1 Å². The number of ether oxygens (including phenoxy) is 1. The van der Waals surface area contributed by atoms with Gasteiger partial charge < -0.3 is 25.2 Å². The highest BCUT2D eigenvalue weighted by molar-refractivity contribution is 7.80. The van der Waals surface area contributed by atoms with E-state index in [0.717, 1.165) is 57.1 Å². The van der Waals surface area contributed by atoms with Crippen molar-refractivity contribution in [3.63, 3.8) is 0 Å². The second-order valence-electron chi connectivity index (χ2n) is 6.14. The van der Waals surface area contributed by atoms with Crippen molar-refractivity contribution in [3.8, 4) is 0 Å². The molecule has 1 fully saturated rings. The molecule has 2 rings (SSSR count). The van der Waals surface area contributed by atoms with Crippen LogP contribution >= 0.6 is 12.2 Å². The third kappa shape index (κ3) is 6.51. The molecule has 6 nitrogen and oxygen atoms in total. The van der Waals surface area contributed by atoms with Crippen molar-refractivity contribution >= 4 is 34.6 Å². The van der Waals surface area contributed by atoms with Crippen LogP contribution in [0.3, 0.4) is 0 Å². The standard InChI is InChI=1S/C18H28N4O2S/c1-3-4-9-19-18(25)21(2)14-17(23)20-15-5-7-16(8-6-15)22-10-12-24-13-11-22/h5-8H,3-4,9-14H2,1-2H3,(H,19,25)(H,20,23). The summed E-state index contributed by atoms with van der Waals surface area (Å²) in [7, 11) is 1.82. The molecule has 138 valence electrons. The molecule has 0 bridgehead atoms. The molecule has 1 heterocycles. The van der Waals surface area contributed by atoms with Crippen molar-refractivity contribution < 1.29 is 9.53 Å². The molecule has 0 aromatic heterocycles. The lowest BCUT2D eigenvalue weighted by atomic mass is 10.2. The van der Waals surface area contributed by atoms with Crippen molar-refractivity contribution in [1.29, 1.82) is 0 Å². The summed E-state index contributed by atoms with van der Waals surface area (Å²) in [5.74, 6) is -0.0822. The number of hydrogen-bond acceptors (Lipinski definition) is 4. The molecule has 0 unspecified atom stereocenters. The molecule has 0 aliphatic carbocycles. The second kappa shape index (κ2) is 10.2. The number of carbonyl (C=O) groups is 1. The molecule has 0 spiro atoms. The Bertz CT molecular complexity index is 559. The summed E-state index contributed by atoms with van der Waals surface area (Å²) >= 11 is 5.28. The normalized spacial score (nSPS) is 14.1. The molecular weight excluding hydrogens is 336 g/mol. The van der Waals surface area contributed by atoms with Crippen LogP contribution in [0.1, 0.15) is 19.8 Å². The number of hydrogen-bond donors (Lipinski definition) is 2. The quantitative estimate of drug-likeness (QED) is 0.571. The van der Waals surface area contributed by atoms with E-state index in [1.165, 1.54) is 0 Å². The van der Waals surface area contributed by atoms with Gasteiger partial charge in [0.2, 0.25) is 5.91 Å². The number of benzene rings is 1. The van der Waals surface area contributed by atoms with E-state index in [1.54, 1.807) is 4.90 Å². The summed E-state index contributed by atoms with van der Waals surface area (Å²) in [4.78, 5) is 16.2. The summed E-state index contributed by atoms with van der Waals surface area (Å²) in [6, 6.07) is 7.92. The van der Waals surface area contributed by atoms with Gasteiger partial charge in [0.05, 0.1) is 19.8 Å². The summed E-state index contributed by atoms with van der Waals surface area (Å²) in [6.07, 6.45) is 2.18. The van der Waals surface area contributed by atoms with E-state index in [2.05, 4.69) is 22.5 Å². The first-order valence-electron chi connectivity index (χ1n) is 8.81. The number of nitrogens with zero attached hydrogens (tertiary/aromatic N) is 2. The van der Waals surface area contributed by atoms with Crippen LogP contribution in [0.2, 0.25) is 0 Å². The molecule has 0 atom stereocenters. The molecule has 1 amide bonds. The number of morpholine rings is 1. The minimum absolute atomic E-state index is 0.0822. The minimum Gasteiger partial charge on any atom is -0.378 e. The molecular formula is C18H28N4O2S. The Morgan fingerprint density at radius 2 is 1.96 bits per heavy atom. The number of unbranched alkanes of at least 4 members (excludes halogenated alkanes) is 1. The first-order chi connectivity index (χ1) is 12.1. The van der Waals surface area contributed by atoms with Gasteiger partial charge in [-0.1, -0.05) is 13.3 Å². The van der Waals surface area contributed by atoms with Crippen LogP contribution in [0.15, 0.2) is 24.3 Å². The predicted molar refractivity (Wildman–Crippen MR) is 106 cm³/mol. The van der Waals surface area contributed by atoms with Crippen LogP contribution < -0.4 is 15.5 Å². The monoisotopic (exact) mass is 364 g/mol. The van der Waals surface area contributed by atoms with E-state index >= 15 is 0 Å². The number of likely N-dealkylation sites (N-methyl/N-ethyl adjacent to an activating group) is 1. The predicted octanol–water partition coefficient (Wildman–Crippen LogP) is 2.07. The number of nitrogens with one attached hydrogen (secondary N) is 2. The van der Waals surface area contributed by atoms with E-state index in [0.29, 0.717) is 5.11 Å². The van der Waals surface area contributed by atoms with Crippen LogP contribution in [0.4, 0.5) is 11.4 Å². The molecule has 1 aromatic rings. The highest BCUT2D eigenvalue weighted by Gasteiger charge is 2.12. The Morgan fingerprint density at radius 1 is 1.28 bits per heavy atom. The van der Waals surface area contributed by atoms with Crippen molar-refractivity contribution in [1.82, 2.24) is 10.2 Å². The van der Waals surface area contributed by atoms with Crippen molar-refractivity contribution in [2.45, 2.75) is 19.8 Å². The molecule has 2 N–H and O–H groups in total. The minimum atomic E-state index is -0.0822. The Morgan fingerprint density at radius 3 is 2.60 bits per heavy atom. The van der Waals surface area contributed by atoms with Gasteiger partial charge in [-0.25, -0.2) is 0 Å². The number of carbonyl (C=O) groups excluding carboxylic acids is 1. The van der Waals surface area contributed by atoms with Crippen LogP contribution in [0.5, 0.6) is 0 Å². The first kappa shape index (κ1) is 19.5. The summed E-state index contributed by atoms with van der Waals surface area (Å²) in [5, 5.41) is 6.67. The maximum absolute atomic E-state index is 12.2. The first-order valence-corrected chi connectivity index (χ1v) is 9.22. The Balaban J connectivity index is 1.78. The number of amides is 1. The SMILES string of the molecule is CCCCNC(=S)N(C)CC(=O)Nc1ccc(N2CCOCC2)cc1. The van der Waals surface area contributed by atoms with Gasteiger partial charge in [0.25, 0.3) is 0 Å². The lowest BCUT2D eigenvalue weighted by molar-refractivity contribution is -0.116. The van der Waals surface area contributed by atoms with Crippen LogP contribution in [-0.4, -0.2) is 62.4 Å². The molecule has 1 aromatic carbocycles. The number of rotatable bonds is 7.